The third kappa shape index (κ3) is 2.68. The van der Waals surface area contributed by atoms with E-state index in [0.29, 0.717) is 12.1 Å². The van der Waals surface area contributed by atoms with E-state index < -0.39 is 0 Å². The molecule has 0 spiro atoms. The SMILES string of the molecule is Cc1ccccc1-c1cc(N[C@H]2CC[C@H](N)C2)n2nccc2n1. The van der Waals surface area contributed by atoms with Gasteiger partial charge in [0.1, 0.15) is 5.82 Å². The number of nitrogens with two attached hydrogens (primary N) is 1. The minimum absolute atomic E-state index is 0.304. The number of anilines is 1. The molecule has 0 bridgehead atoms. The van der Waals surface area contributed by atoms with E-state index in [9.17, 15) is 0 Å². The van der Waals surface area contributed by atoms with Gasteiger partial charge in [-0.05, 0) is 31.7 Å². The first-order chi connectivity index (χ1) is 11.2. The molecule has 1 aliphatic carbocycles. The molecule has 2 atom stereocenters. The maximum atomic E-state index is 6.04. The Morgan fingerprint density at radius 2 is 2.09 bits per heavy atom. The van der Waals surface area contributed by atoms with E-state index in [1.54, 1.807) is 6.20 Å². The summed E-state index contributed by atoms with van der Waals surface area (Å²) in [4.78, 5) is 4.75. The Bertz CT molecular complexity index is 838. The first-order valence-corrected chi connectivity index (χ1v) is 8.13. The van der Waals surface area contributed by atoms with Crippen LogP contribution >= 0.6 is 0 Å². The summed E-state index contributed by atoms with van der Waals surface area (Å²) >= 11 is 0. The minimum atomic E-state index is 0.304. The first-order valence-electron chi connectivity index (χ1n) is 8.13. The number of rotatable bonds is 3. The summed E-state index contributed by atoms with van der Waals surface area (Å²) in [5.74, 6) is 0.984. The van der Waals surface area contributed by atoms with E-state index in [1.807, 2.05) is 16.6 Å². The summed E-state index contributed by atoms with van der Waals surface area (Å²) in [6.07, 6.45) is 4.97. The molecular formula is C18H21N5. The monoisotopic (exact) mass is 307 g/mol. The average molecular weight is 307 g/mol. The van der Waals surface area contributed by atoms with Gasteiger partial charge < -0.3 is 11.1 Å². The predicted molar refractivity (Wildman–Crippen MR) is 92.4 cm³/mol. The molecule has 118 valence electrons. The summed E-state index contributed by atoms with van der Waals surface area (Å²) < 4.78 is 1.87. The van der Waals surface area contributed by atoms with Crippen molar-refractivity contribution in [2.45, 2.75) is 38.3 Å². The Labute approximate surface area is 135 Å². The van der Waals surface area contributed by atoms with E-state index in [-0.39, 0.29) is 0 Å². The van der Waals surface area contributed by atoms with E-state index in [2.05, 4.69) is 41.6 Å². The van der Waals surface area contributed by atoms with Crippen molar-refractivity contribution < 1.29 is 0 Å². The van der Waals surface area contributed by atoms with Crippen molar-refractivity contribution in [3.8, 4) is 11.3 Å². The second-order valence-corrected chi connectivity index (χ2v) is 6.36. The second-order valence-electron chi connectivity index (χ2n) is 6.36. The Hall–Kier alpha value is -2.40. The van der Waals surface area contributed by atoms with Crippen LogP contribution in [-0.2, 0) is 0 Å². The molecule has 23 heavy (non-hydrogen) atoms. The van der Waals surface area contributed by atoms with Crippen LogP contribution in [0, 0.1) is 6.92 Å². The number of aromatic nitrogens is 3. The summed E-state index contributed by atoms with van der Waals surface area (Å²) in [6.45, 7) is 2.11. The highest BCUT2D eigenvalue weighted by Crippen LogP contribution is 2.27. The lowest BCUT2D eigenvalue weighted by Gasteiger charge is -2.16. The standard InChI is InChI=1S/C18H21N5/c1-12-4-2-3-5-15(12)16-11-18(21-14-7-6-13(19)10-14)23-17(22-16)8-9-20-23/h2-5,8-9,11,13-14,21H,6-7,10,19H2,1H3/t13-,14-/m0/s1. The van der Waals surface area contributed by atoms with Gasteiger partial charge in [-0.1, -0.05) is 24.3 Å². The molecule has 2 heterocycles. The third-order valence-corrected chi connectivity index (χ3v) is 4.61. The van der Waals surface area contributed by atoms with Gasteiger partial charge >= 0.3 is 0 Å². The molecule has 4 rings (SSSR count). The van der Waals surface area contributed by atoms with Crippen LogP contribution in [0.2, 0.25) is 0 Å². The predicted octanol–water partition coefficient (Wildman–Crippen LogP) is 3.00. The molecule has 1 fully saturated rings. The maximum absolute atomic E-state index is 6.04. The molecule has 0 saturated heterocycles. The normalized spacial score (nSPS) is 21.0. The molecule has 5 heteroatoms. The van der Waals surface area contributed by atoms with Gasteiger partial charge in [-0.2, -0.15) is 9.61 Å². The van der Waals surface area contributed by atoms with Crippen molar-refractivity contribution in [3.63, 3.8) is 0 Å². The number of hydrogen-bond acceptors (Lipinski definition) is 4. The number of aryl methyl sites for hydroxylation is 1. The fraction of sp³-hybridized carbons (Fsp3) is 0.333. The molecule has 0 radical (unpaired) electrons. The van der Waals surface area contributed by atoms with Crippen LogP contribution in [0.5, 0.6) is 0 Å². The zero-order chi connectivity index (χ0) is 15.8. The van der Waals surface area contributed by atoms with E-state index >= 15 is 0 Å². The molecule has 2 aromatic heterocycles. The lowest BCUT2D eigenvalue weighted by Crippen LogP contribution is -2.22. The molecule has 1 saturated carbocycles. The number of nitrogens with zero attached hydrogens (tertiary/aromatic N) is 3. The molecule has 5 nitrogen and oxygen atoms in total. The first kappa shape index (κ1) is 14.2. The molecule has 0 aliphatic heterocycles. The number of benzene rings is 1. The Morgan fingerprint density at radius 1 is 1.22 bits per heavy atom. The van der Waals surface area contributed by atoms with Crippen molar-refractivity contribution in [3.05, 3.63) is 48.2 Å². The molecule has 0 amide bonds. The highest BCUT2D eigenvalue weighted by molar-refractivity contribution is 5.69. The van der Waals surface area contributed by atoms with Crippen molar-refractivity contribution in [2.75, 3.05) is 5.32 Å². The summed E-state index contributed by atoms with van der Waals surface area (Å²) in [5.41, 5.74) is 10.2. The van der Waals surface area contributed by atoms with Gasteiger partial charge in [0.15, 0.2) is 5.65 Å². The Kier molecular flexibility index (Phi) is 3.50. The number of fused-ring (bicyclic) bond motifs is 1. The second kappa shape index (κ2) is 5.66. The molecule has 0 unspecified atom stereocenters. The largest absolute Gasteiger partial charge is 0.367 e. The van der Waals surface area contributed by atoms with E-state index in [4.69, 9.17) is 10.7 Å². The van der Waals surface area contributed by atoms with Crippen LogP contribution in [0.25, 0.3) is 16.9 Å². The van der Waals surface area contributed by atoms with Crippen LogP contribution in [-0.4, -0.2) is 26.7 Å². The van der Waals surface area contributed by atoms with Gasteiger partial charge in [-0.25, -0.2) is 4.98 Å². The Morgan fingerprint density at radius 3 is 2.87 bits per heavy atom. The van der Waals surface area contributed by atoms with Crippen molar-refractivity contribution >= 4 is 11.5 Å². The minimum Gasteiger partial charge on any atom is -0.367 e. The smallest absolute Gasteiger partial charge is 0.157 e. The summed E-state index contributed by atoms with van der Waals surface area (Å²) in [6, 6.07) is 13.1. The molecule has 1 aliphatic rings. The summed E-state index contributed by atoms with van der Waals surface area (Å²) in [5, 5.41) is 8.01. The fourth-order valence-electron chi connectivity index (χ4n) is 3.37. The highest BCUT2D eigenvalue weighted by Gasteiger charge is 2.22. The van der Waals surface area contributed by atoms with Gasteiger partial charge in [0.2, 0.25) is 0 Å². The molecule has 3 aromatic rings. The maximum Gasteiger partial charge on any atom is 0.157 e. The van der Waals surface area contributed by atoms with Gasteiger partial charge in [-0.15, -0.1) is 0 Å². The third-order valence-electron chi connectivity index (χ3n) is 4.61. The van der Waals surface area contributed by atoms with Crippen LogP contribution in [0.3, 0.4) is 0 Å². The van der Waals surface area contributed by atoms with Crippen LogP contribution < -0.4 is 11.1 Å². The zero-order valence-corrected chi connectivity index (χ0v) is 13.2. The van der Waals surface area contributed by atoms with Crippen LogP contribution in [0.4, 0.5) is 5.82 Å². The van der Waals surface area contributed by atoms with Gasteiger partial charge in [0.05, 0.1) is 11.9 Å². The average Bonchev–Trinajstić information content (AvgIpc) is 3.16. The van der Waals surface area contributed by atoms with E-state index in [1.165, 1.54) is 5.56 Å². The van der Waals surface area contributed by atoms with Gasteiger partial charge in [0, 0.05) is 29.8 Å². The lowest BCUT2D eigenvalue weighted by atomic mass is 10.1. The highest BCUT2D eigenvalue weighted by atomic mass is 15.3. The fourth-order valence-corrected chi connectivity index (χ4v) is 3.37. The van der Waals surface area contributed by atoms with Crippen molar-refractivity contribution in [1.82, 2.24) is 14.6 Å². The van der Waals surface area contributed by atoms with Crippen LogP contribution in [0.1, 0.15) is 24.8 Å². The van der Waals surface area contributed by atoms with E-state index in [0.717, 1.165) is 42.0 Å². The topological polar surface area (TPSA) is 68.2 Å². The van der Waals surface area contributed by atoms with Crippen LogP contribution in [0.15, 0.2) is 42.6 Å². The zero-order valence-electron chi connectivity index (χ0n) is 13.2. The Balaban J connectivity index is 1.77. The van der Waals surface area contributed by atoms with Gasteiger partial charge in [0.25, 0.3) is 0 Å². The summed E-state index contributed by atoms with van der Waals surface area (Å²) in [7, 11) is 0. The van der Waals surface area contributed by atoms with Crippen molar-refractivity contribution in [2.24, 2.45) is 5.73 Å². The molecular weight excluding hydrogens is 286 g/mol. The van der Waals surface area contributed by atoms with Crippen molar-refractivity contribution in [1.29, 1.82) is 0 Å². The number of hydrogen-bond donors (Lipinski definition) is 2. The lowest BCUT2D eigenvalue weighted by molar-refractivity contribution is 0.684. The number of nitrogens with one attached hydrogen (secondary N) is 1. The molecule has 1 aromatic carbocycles. The molecule has 3 N–H and O–H groups in total. The quantitative estimate of drug-likeness (QED) is 0.780. The van der Waals surface area contributed by atoms with Gasteiger partial charge in [-0.3, -0.25) is 0 Å².